The van der Waals surface area contributed by atoms with Crippen LogP contribution in [0.4, 0.5) is 5.13 Å². The smallest absolute Gasteiger partial charge is 0.228 e. The molecule has 1 atom stereocenters. The number of carbonyl (C=O) groups is 1. The zero-order valence-corrected chi connectivity index (χ0v) is 13.6. The van der Waals surface area contributed by atoms with E-state index in [1.54, 1.807) is 7.11 Å². The number of nitrogens with zero attached hydrogens (tertiary/aromatic N) is 2. The van der Waals surface area contributed by atoms with Crippen molar-refractivity contribution in [2.24, 2.45) is 5.73 Å². The number of methoxy groups -OCH3 is 1. The summed E-state index contributed by atoms with van der Waals surface area (Å²) < 4.78 is 5.06. The fourth-order valence-corrected chi connectivity index (χ4v) is 2.37. The van der Waals surface area contributed by atoms with Crippen LogP contribution in [-0.4, -0.2) is 35.9 Å². The topological polar surface area (TPSA) is 90.1 Å². The quantitative estimate of drug-likeness (QED) is 0.679. The van der Waals surface area contributed by atoms with E-state index >= 15 is 0 Å². The standard InChI is InChI=1S/C12H22N4O2S.ClH/c1-3-4-5-6-11-15-16-12(19-11)14-10(17)7-9(8-13)18-2;/h9H,3-8,13H2,1-2H3,(H,14,16,17);1H. The third kappa shape index (κ3) is 7.14. The van der Waals surface area contributed by atoms with Gasteiger partial charge >= 0.3 is 0 Å². The van der Waals surface area contributed by atoms with E-state index < -0.39 is 0 Å². The van der Waals surface area contributed by atoms with Gasteiger partial charge in [0.15, 0.2) is 0 Å². The highest BCUT2D eigenvalue weighted by Gasteiger charge is 2.13. The normalized spacial score (nSPS) is 11.8. The van der Waals surface area contributed by atoms with Crippen LogP contribution in [0.25, 0.3) is 0 Å². The fourth-order valence-electron chi connectivity index (χ4n) is 1.57. The zero-order chi connectivity index (χ0) is 14.1. The number of nitrogens with one attached hydrogen (secondary N) is 1. The maximum absolute atomic E-state index is 11.7. The summed E-state index contributed by atoms with van der Waals surface area (Å²) in [6.45, 7) is 2.48. The summed E-state index contributed by atoms with van der Waals surface area (Å²) in [5.41, 5.74) is 5.47. The van der Waals surface area contributed by atoms with E-state index in [1.165, 1.54) is 24.2 Å². The summed E-state index contributed by atoms with van der Waals surface area (Å²) in [6, 6.07) is 0. The molecule has 0 bridgehead atoms. The predicted molar refractivity (Wildman–Crippen MR) is 83.5 cm³/mol. The number of anilines is 1. The van der Waals surface area contributed by atoms with E-state index in [1.807, 2.05) is 0 Å². The van der Waals surface area contributed by atoms with Crippen molar-refractivity contribution in [1.82, 2.24) is 10.2 Å². The van der Waals surface area contributed by atoms with Crippen LogP contribution >= 0.6 is 23.7 Å². The molecule has 1 rings (SSSR count). The van der Waals surface area contributed by atoms with Crippen LogP contribution < -0.4 is 11.1 Å². The highest BCUT2D eigenvalue weighted by Crippen LogP contribution is 2.17. The Morgan fingerprint density at radius 1 is 1.45 bits per heavy atom. The monoisotopic (exact) mass is 322 g/mol. The molecule has 1 aromatic heterocycles. The number of amides is 1. The van der Waals surface area contributed by atoms with Crippen molar-refractivity contribution in [3.63, 3.8) is 0 Å². The van der Waals surface area contributed by atoms with Gasteiger partial charge in [0.2, 0.25) is 11.0 Å². The Bertz CT molecular complexity index is 385. The lowest BCUT2D eigenvalue weighted by atomic mass is 10.2. The third-order valence-electron chi connectivity index (χ3n) is 2.72. The van der Waals surface area contributed by atoms with Gasteiger partial charge in [-0.15, -0.1) is 22.6 Å². The Balaban J connectivity index is 0.00000361. The van der Waals surface area contributed by atoms with Crippen LogP contribution in [-0.2, 0) is 16.0 Å². The molecule has 20 heavy (non-hydrogen) atoms. The summed E-state index contributed by atoms with van der Waals surface area (Å²) in [6.07, 6.45) is 4.38. The molecule has 0 saturated carbocycles. The van der Waals surface area contributed by atoms with Crippen molar-refractivity contribution in [1.29, 1.82) is 0 Å². The first kappa shape index (κ1) is 19.2. The van der Waals surface area contributed by atoms with Gasteiger partial charge in [-0.1, -0.05) is 31.1 Å². The highest BCUT2D eigenvalue weighted by molar-refractivity contribution is 7.15. The summed E-state index contributed by atoms with van der Waals surface area (Å²) in [4.78, 5) is 11.7. The Kier molecular flexibility index (Phi) is 10.5. The number of ether oxygens (including phenoxy) is 1. The van der Waals surface area contributed by atoms with Gasteiger partial charge in [-0.25, -0.2) is 0 Å². The first-order chi connectivity index (χ1) is 9.19. The lowest BCUT2D eigenvalue weighted by molar-refractivity contribution is -0.118. The minimum absolute atomic E-state index is 0. The van der Waals surface area contributed by atoms with Gasteiger partial charge in [-0.3, -0.25) is 4.79 Å². The number of rotatable bonds is 9. The van der Waals surface area contributed by atoms with Crippen molar-refractivity contribution in [3.8, 4) is 0 Å². The number of aromatic nitrogens is 2. The maximum Gasteiger partial charge on any atom is 0.228 e. The van der Waals surface area contributed by atoms with E-state index in [-0.39, 0.29) is 30.8 Å². The summed E-state index contributed by atoms with van der Waals surface area (Å²) in [7, 11) is 1.54. The van der Waals surface area contributed by atoms with Crippen LogP contribution in [0.15, 0.2) is 0 Å². The fraction of sp³-hybridized carbons (Fsp3) is 0.750. The first-order valence-corrected chi connectivity index (χ1v) is 7.36. The molecule has 8 heteroatoms. The van der Waals surface area contributed by atoms with Crippen molar-refractivity contribution < 1.29 is 9.53 Å². The Labute approximate surface area is 129 Å². The van der Waals surface area contributed by atoms with E-state index in [4.69, 9.17) is 10.5 Å². The second-order valence-electron chi connectivity index (χ2n) is 4.30. The van der Waals surface area contributed by atoms with Crippen LogP contribution in [0, 0.1) is 0 Å². The van der Waals surface area contributed by atoms with Gasteiger partial charge in [0.1, 0.15) is 5.01 Å². The number of aryl methyl sites for hydroxylation is 1. The number of unbranched alkanes of at least 4 members (excludes halogenated alkanes) is 2. The van der Waals surface area contributed by atoms with Gasteiger partial charge in [0, 0.05) is 20.1 Å². The Hall–Kier alpha value is -0.760. The molecule has 116 valence electrons. The Morgan fingerprint density at radius 2 is 2.20 bits per heavy atom. The number of halogens is 1. The molecule has 1 heterocycles. The summed E-state index contributed by atoms with van der Waals surface area (Å²) >= 11 is 1.43. The van der Waals surface area contributed by atoms with Crippen LogP contribution in [0.2, 0.25) is 0 Å². The molecule has 6 nitrogen and oxygen atoms in total. The van der Waals surface area contributed by atoms with Crippen LogP contribution in [0.5, 0.6) is 0 Å². The molecule has 3 N–H and O–H groups in total. The van der Waals surface area contributed by atoms with E-state index in [2.05, 4.69) is 22.4 Å². The molecule has 0 aliphatic carbocycles. The van der Waals surface area contributed by atoms with Gasteiger partial charge in [0.05, 0.1) is 12.5 Å². The summed E-state index contributed by atoms with van der Waals surface area (Å²) in [5.74, 6) is -0.145. The zero-order valence-electron chi connectivity index (χ0n) is 11.9. The highest BCUT2D eigenvalue weighted by atomic mass is 35.5. The SMILES string of the molecule is CCCCCc1nnc(NC(=O)CC(CN)OC)s1.Cl. The number of nitrogens with two attached hydrogens (primary N) is 1. The van der Waals surface area contributed by atoms with Crippen molar-refractivity contribution in [2.45, 2.75) is 45.1 Å². The first-order valence-electron chi connectivity index (χ1n) is 6.54. The molecular formula is C12H23ClN4O2S. The maximum atomic E-state index is 11.7. The molecule has 0 aliphatic heterocycles. The molecule has 0 saturated heterocycles. The number of hydrogen-bond donors (Lipinski definition) is 2. The van der Waals surface area contributed by atoms with E-state index in [9.17, 15) is 4.79 Å². The Morgan fingerprint density at radius 3 is 2.80 bits per heavy atom. The van der Waals surface area contributed by atoms with Crippen molar-refractivity contribution in [2.75, 3.05) is 19.0 Å². The second kappa shape index (κ2) is 11.0. The molecule has 0 fully saturated rings. The predicted octanol–water partition coefficient (Wildman–Crippen LogP) is 1.99. The molecule has 0 spiro atoms. The van der Waals surface area contributed by atoms with Gasteiger partial charge in [-0.2, -0.15) is 0 Å². The average Bonchev–Trinajstić information content (AvgIpc) is 2.83. The molecule has 0 aromatic carbocycles. The van der Waals surface area contributed by atoms with E-state index in [0.717, 1.165) is 17.8 Å². The number of hydrogen-bond acceptors (Lipinski definition) is 6. The number of carbonyl (C=O) groups excluding carboxylic acids is 1. The van der Waals surface area contributed by atoms with E-state index in [0.29, 0.717) is 11.7 Å². The lowest BCUT2D eigenvalue weighted by Gasteiger charge is -2.11. The molecule has 0 aliphatic rings. The van der Waals surface area contributed by atoms with Gasteiger partial charge in [0.25, 0.3) is 0 Å². The summed E-state index contributed by atoms with van der Waals surface area (Å²) in [5, 5.41) is 12.2. The lowest BCUT2D eigenvalue weighted by Crippen LogP contribution is -2.28. The largest absolute Gasteiger partial charge is 0.380 e. The van der Waals surface area contributed by atoms with Crippen molar-refractivity contribution in [3.05, 3.63) is 5.01 Å². The molecule has 0 radical (unpaired) electrons. The van der Waals surface area contributed by atoms with Gasteiger partial charge < -0.3 is 15.8 Å². The van der Waals surface area contributed by atoms with Crippen molar-refractivity contribution >= 4 is 34.8 Å². The van der Waals surface area contributed by atoms with Gasteiger partial charge in [-0.05, 0) is 6.42 Å². The van der Waals surface area contributed by atoms with Crippen LogP contribution in [0.1, 0.15) is 37.6 Å². The molecule has 1 aromatic rings. The molecule has 1 amide bonds. The second-order valence-corrected chi connectivity index (χ2v) is 5.37. The average molecular weight is 323 g/mol. The third-order valence-corrected chi connectivity index (χ3v) is 3.62. The minimum atomic E-state index is -0.253. The molecular weight excluding hydrogens is 300 g/mol. The molecule has 1 unspecified atom stereocenters. The minimum Gasteiger partial charge on any atom is -0.380 e. The van der Waals surface area contributed by atoms with Crippen LogP contribution in [0.3, 0.4) is 0 Å².